The number of hydrogen-bond acceptors (Lipinski definition) is 7. The smallest absolute Gasteiger partial charge is 0.305 e. The number of thiocarbonyl (C=S) groups is 1. The molecule has 1 saturated heterocycles. The second-order valence-corrected chi connectivity index (χ2v) is 8.23. The number of thioether (sulfide) groups is 1. The number of anilines is 2. The molecule has 144 valence electrons. The van der Waals surface area contributed by atoms with Gasteiger partial charge in [-0.3, -0.25) is 24.2 Å². The van der Waals surface area contributed by atoms with Crippen LogP contribution in [0.3, 0.4) is 0 Å². The van der Waals surface area contributed by atoms with Crippen molar-refractivity contribution < 1.29 is 19.5 Å². The van der Waals surface area contributed by atoms with E-state index in [0.29, 0.717) is 25.7 Å². The summed E-state index contributed by atoms with van der Waals surface area (Å²) in [6.45, 7) is 1.49. The largest absolute Gasteiger partial charge is 0.481 e. The fourth-order valence-electron chi connectivity index (χ4n) is 2.48. The molecule has 2 amide bonds. The van der Waals surface area contributed by atoms with Crippen molar-refractivity contribution >= 4 is 74.3 Å². The molecule has 0 bridgehead atoms. The first-order valence-corrected chi connectivity index (χ1v) is 10.3. The third-order valence-corrected chi connectivity index (χ3v) is 5.95. The first-order valence-electron chi connectivity index (χ1n) is 8.15. The molecule has 3 rings (SSSR count). The maximum atomic E-state index is 12.5. The van der Waals surface area contributed by atoms with Gasteiger partial charge in [0.2, 0.25) is 5.91 Å². The van der Waals surface area contributed by atoms with E-state index in [0.717, 1.165) is 11.8 Å². The van der Waals surface area contributed by atoms with Gasteiger partial charge in [0.15, 0.2) is 5.13 Å². The molecule has 2 aromatic rings. The van der Waals surface area contributed by atoms with E-state index >= 15 is 0 Å². The number of amides is 2. The number of carboxylic acid groups (broad SMARTS) is 1. The van der Waals surface area contributed by atoms with Crippen LogP contribution in [-0.2, 0) is 14.4 Å². The van der Waals surface area contributed by atoms with Crippen LogP contribution in [0.2, 0.25) is 0 Å². The van der Waals surface area contributed by atoms with Crippen molar-refractivity contribution in [3.8, 4) is 0 Å². The fourth-order valence-corrected chi connectivity index (χ4v) is 4.62. The quantitative estimate of drug-likeness (QED) is 0.551. The van der Waals surface area contributed by atoms with Gasteiger partial charge in [-0.15, -0.1) is 11.3 Å². The van der Waals surface area contributed by atoms with Crippen LogP contribution in [0.4, 0.5) is 10.8 Å². The van der Waals surface area contributed by atoms with E-state index in [-0.39, 0.29) is 24.8 Å². The zero-order valence-corrected chi connectivity index (χ0v) is 17.1. The molecule has 0 spiro atoms. The maximum Gasteiger partial charge on any atom is 0.305 e. The molecule has 0 radical (unpaired) electrons. The lowest BCUT2D eigenvalue weighted by molar-refractivity contribution is -0.137. The summed E-state index contributed by atoms with van der Waals surface area (Å²) < 4.78 is 0.322. The molecule has 1 aliphatic heterocycles. The van der Waals surface area contributed by atoms with Gasteiger partial charge in [0.05, 0.1) is 22.7 Å². The van der Waals surface area contributed by atoms with Gasteiger partial charge in [0.25, 0.3) is 5.91 Å². The molecular weight excluding hydrogens is 418 g/mol. The number of carboxylic acids is 1. The number of rotatable bonds is 6. The van der Waals surface area contributed by atoms with Crippen molar-refractivity contribution in [1.82, 2.24) is 9.88 Å². The van der Waals surface area contributed by atoms with E-state index in [1.807, 2.05) is 30.3 Å². The number of aliphatic carboxylic acids is 1. The third kappa shape index (κ3) is 4.46. The summed E-state index contributed by atoms with van der Waals surface area (Å²) in [5.74, 6) is -1.50. The lowest BCUT2D eigenvalue weighted by Crippen LogP contribution is -2.30. The molecule has 0 unspecified atom stereocenters. The molecule has 10 heteroatoms. The minimum absolute atomic E-state index is 0.0335. The van der Waals surface area contributed by atoms with E-state index in [1.54, 1.807) is 11.5 Å². The number of aromatic nitrogens is 1. The highest BCUT2D eigenvalue weighted by molar-refractivity contribution is 8.26. The van der Waals surface area contributed by atoms with Crippen LogP contribution in [0.15, 0.2) is 40.6 Å². The Morgan fingerprint density at radius 3 is 2.68 bits per heavy atom. The summed E-state index contributed by atoms with van der Waals surface area (Å²) in [6.07, 6.45) is 1.43. The minimum atomic E-state index is -0.993. The Hall–Kier alpha value is -2.56. The van der Waals surface area contributed by atoms with Crippen LogP contribution >= 0.6 is 35.3 Å². The van der Waals surface area contributed by atoms with Gasteiger partial charge >= 0.3 is 5.97 Å². The molecule has 0 atom stereocenters. The van der Waals surface area contributed by atoms with Crippen molar-refractivity contribution in [1.29, 1.82) is 0 Å². The number of benzene rings is 1. The van der Waals surface area contributed by atoms with Crippen LogP contribution in [-0.4, -0.2) is 43.6 Å². The van der Waals surface area contributed by atoms with Gasteiger partial charge in [0, 0.05) is 18.8 Å². The predicted molar refractivity (Wildman–Crippen MR) is 114 cm³/mol. The van der Waals surface area contributed by atoms with Crippen LogP contribution in [0.25, 0.3) is 6.08 Å². The molecule has 1 aromatic heterocycles. The number of carbonyl (C=O) groups is 3. The molecule has 7 nitrogen and oxygen atoms in total. The standard InChI is InChI=1S/C18H15N3O4S3/c1-11(22)21(13-5-3-2-4-6-13)17-19-12(10-27-17)9-14-16(25)20(18(26)28-14)8-7-15(23)24/h2-6,9-10H,7-8H2,1H3,(H,23,24). The lowest BCUT2D eigenvalue weighted by Gasteiger charge is -2.17. The molecule has 1 fully saturated rings. The Morgan fingerprint density at radius 2 is 2.04 bits per heavy atom. The number of hydrogen-bond donors (Lipinski definition) is 1. The molecule has 1 aromatic carbocycles. The van der Waals surface area contributed by atoms with E-state index < -0.39 is 5.97 Å². The second kappa shape index (κ2) is 8.63. The van der Waals surface area contributed by atoms with Gasteiger partial charge < -0.3 is 5.11 Å². The van der Waals surface area contributed by atoms with E-state index in [4.69, 9.17) is 17.3 Å². The van der Waals surface area contributed by atoms with Crippen LogP contribution in [0.1, 0.15) is 19.0 Å². The predicted octanol–water partition coefficient (Wildman–Crippen LogP) is 3.50. The SMILES string of the molecule is CC(=O)N(c1ccccc1)c1nc(C=C2SC(=S)N(CCC(=O)O)C2=O)cs1. The average Bonchev–Trinajstić information content (AvgIpc) is 3.19. The zero-order valence-electron chi connectivity index (χ0n) is 14.7. The topological polar surface area (TPSA) is 90.8 Å². The van der Waals surface area contributed by atoms with E-state index in [1.165, 1.54) is 28.1 Å². The first-order chi connectivity index (χ1) is 13.4. The average molecular weight is 434 g/mol. The summed E-state index contributed by atoms with van der Waals surface area (Å²) in [5, 5.41) is 11.0. The Balaban J connectivity index is 1.82. The highest BCUT2D eigenvalue weighted by Crippen LogP contribution is 2.34. The van der Waals surface area contributed by atoms with Gasteiger partial charge in [-0.1, -0.05) is 42.2 Å². The monoisotopic (exact) mass is 433 g/mol. The molecular formula is C18H15N3O4S3. The van der Waals surface area contributed by atoms with Crippen LogP contribution in [0, 0.1) is 0 Å². The molecule has 2 heterocycles. The molecule has 28 heavy (non-hydrogen) atoms. The van der Waals surface area contributed by atoms with Crippen molar-refractivity contribution in [2.45, 2.75) is 13.3 Å². The van der Waals surface area contributed by atoms with Crippen LogP contribution < -0.4 is 4.90 Å². The third-order valence-electron chi connectivity index (χ3n) is 3.73. The lowest BCUT2D eigenvalue weighted by atomic mass is 10.3. The summed E-state index contributed by atoms with van der Waals surface area (Å²) in [6, 6.07) is 9.16. The molecule has 0 aliphatic carbocycles. The van der Waals surface area contributed by atoms with E-state index in [9.17, 15) is 14.4 Å². The summed E-state index contributed by atoms with van der Waals surface area (Å²) in [7, 11) is 0. The highest BCUT2D eigenvalue weighted by atomic mass is 32.2. The minimum Gasteiger partial charge on any atom is -0.481 e. The number of carbonyl (C=O) groups excluding carboxylic acids is 2. The van der Waals surface area contributed by atoms with Crippen molar-refractivity contribution in [2.75, 3.05) is 11.4 Å². The highest BCUT2D eigenvalue weighted by Gasteiger charge is 2.32. The van der Waals surface area contributed by atoms with E-state index in [2.05, 4.69) is 4.98 Å². The van der Waals surface area contributed by atoms with Crippen LogP contribution in [0.5, 0.6) is 0 Å². The van der Waals surface area contributed by atoms with Gasteiger partial charge in [-0.05, 0) is 18.2 Å². The second-order valence-electron chi connectivity index (χ2n) is 5.72. The van der Waals surface area contributed by atoms with Gasteiger partial charge in [0.1, 0.15) is 4.32 Å². The summed E-state index contributed by atoms with van der Waals surface area (Å²) >= 11 is 7.57. The summed E-state index contributed by atoms with van der Waals surface area (Å²) in [5.41, 5.74) is 1.23. The number of thiazole rings is 1. The fraction of sp³-hybridized carbons (Fsp3) is 0.167. The maximum absolute atomic E-state index is 12.5. The number of nitrogens with zero attached hydrogens (tertiary/aromatic N) is 3. The Bertz CT molecular complexity index is 971. The van der Waals surface area contributed by atoms with Crippen molar-refractivity contribution in [3.63, 3.8) is 0 Å². The van der Waals surface area contributed by atoms with Gasteiger partial charge in [-0.25, -0.2) is 4.98 Å². The van der Waals surface area contributed by atoms with Crippen molar-refractivity contribution in [2.24, 2.45) is 0 Å². The molecule has 0 saturated carbocycles. The zero-order chi connectivity index (χ0) is 20.3. The molecule has 1 aliphatic rings. The summed E-state index contributed by atoms with van der Waals surface area (Å²) in [4.78, 5) is 42.9. The van der Waals surface area contributed by atoms with Crippen molar-refractivity contribution in [3.05, 3.63) is 46.3 Å². The Labute approximate surface area is 174 Å². The Morgan fingerprint density at radius 1 is 1.32 bits per heavy atom. The number of para-hydroxylation sites is 1. The van der Waals surface area contributed by atoms with Gasteiger partial charge in [-0.2, -0.15) is 0 Å². The first kappa shape index (κ1) is 20.2. The molecule has 1 N–H and O–H groups in total. The normalized spacial score (nSPS) is 15.3. The Kier molecular flexibility index (Phi) is 6.22.